The second kappa shape index (κ2) is 11.4. The predicted molar refractivity (Wildman–Crippen MR) is 107 cm³/mol. The molecule has 0 saturated heterocycles. The Morgan fingerprint density at radius 1 is 0.885 bits per heavy atom. The third-order valence-electron chi connectivity index (χ3n) is 3.89. The zero-order valence-corrected chi connectivity index (χ0v) is 16.2. The standard InChI is InChI=1S/C22H31NO3/c1-4-24-13-14-26-22-10-6-8-20(16-22)23-17-19-7-5-9-21(15-19)25-12-11-18(2)3/h5-10,15-16,18,23H,4,11-14,17H2,1-3H3. The van der Waals surface area contributed by atoms with E-state index in [2.05, 4.69) is 31.3 Å². The van der Waals surface area contributed by atoms with Crippen molar-refractivity contribution in [3.05, 3.63) is 54.1 Å². The maximum Gasteiger partial charge on any atom is 0.121 e. The number of nitrogens with one attached hydrogen (secondary N) is 1. The van der Waals surface area contributed by atoms with Crippen LogP contribution in [-0.2, 0) is 11.3 Å². The molecular weight excluding hydrogens is 326 g/mol. The summed E-state index contributed by atoms with van der Waals surface area (Å²) < 4.78 is 16.8. The van der Waals surface area contributed by atoms with Crippen molar-refractivity contribution in [3.63, 3.8) is 0 Å². The molecular formula is C22H31NO3. The summed E-state index contributed by atoms with van der Waals surface area (Å²) in [6.07, 6.45) is 1.07. The maximum absolute atomic E-state index is 5.83. The van der Waals surface area contributed by atoms with Gasteiger partial charge in [-0.2, -0.15) is 0 Å². The van der Waals surface area contributed by atoms with Gasteiger partial charge in [0.1, 0.15) is 18.1 Å². The van der Waals surface area contributed by atoms with E-state index in [-0.39, 0.29) is 0 Å². The van der Waals surface area contributed by atoms with Gasteiger partial charge in [-0.3, -0.25) is 0 Å². The Balaban J connectivity index is 1.82. The van der Waals surface area contributed by atoms with Crippen molar-refractivity contribution in [2.75, 3.05) is 31.7 Å². The summed E-state index contributed by atoms with van der Waals surface area (Å²) >= 11 is 0. The van der Waals surface area contributed by atoms with Crippen LogP contribution < -0.4 is 14.8 Å². The van der Waals surface area contributed by atoms with Gasteiger partial charge in [0.25, 0.3) is 0 Å². The molecule has 0 heterocycles. The molecule has 0 spiro atoms. The minimum atomic E-state index is 0.563. The Morgan fingerprint density at radius 3 is 2.38 bits per heavy atom. The lowest BCUT2D eigenvalue weighted by Gasteiger charge is -2.12. The van der Waals surface area contributed by atoms with Crippen LogP contribution in [0.2, 0.25) is 0 Å². The molecule has 0 aromatic heterocycles. The third kappa shape index (κ3) is 7.79. The molecule has 0 unspecified atom stereocenters. The molecule has 2 aromatic carbocycles. The zero-order valence-electron chi connectivity index (χ0n) is 16.2. The van der Waals surface area contributed by atoms with Crippen LogP contribution in [0.25, 0.3) is 0 Å². The molecule has 0 radical (unpaired) electrons. The predicted octanol–water partition coefficient (Wildman–Crippen LogP) is 5.14. The fraction of sp³-hybridized carbons (Fsp3) is 0.455. The van der Waals surface area contributed by atoms with Gasteiger partial charge in [-0.1, -0.05) is 32.0 Å². The van der Waals surface area contributed by atoms with E-state index in [0.717, 1.165) is 36.8 Å². The number of hydrogen-bond acceptors (Lipinski definition) is 4. The van der Waals surface area contributed by atoms with Crippen LogP contribution >= 0.6 is 0 Å². The highest BCUT2D eigenvalue weighted by Crippen LogP contribution is 2.19. The van der Waals surface area contributed by atoms with Crippen LogP contribution in [0.5, 0.6) is 11.5 Å². The van der Waals surface area contributed by atoms with E-state index in [1.807, 2.05) is 43.3 Å². The van der Waals surface area contributed by atoms with Gasteiger partial charge in [-0.15, -0.1) is 0 Å². The first kappa shape index (κ1) is 20.1. The molecule has 26 heavy (non-hydrogen) atoms. The number of anilines is 1. The number of hydrogen-bond donors (Lipinski definition) is 1. The van der Waals surface area contributed by atoms with E-state index in [4.69, 9.17) is 14.2 Å². The summed E-state index contributed by atoms with van der Waals surface area (Å²) in [7, 11) is 0. The van der Waals surface area contributed by atoms with Gasteiger partial charge >= 0.3 is 0 Å². The second-order valence-corrected chi connectivity index (χ2v) is 6.61. The number of rotatable bonds is 12. The molecule has 0 aliphatic rings. The van der Waals surface area contributed by atoms with Crippen molar-refractivity contribution in [1.29, 1.82) is 0 Å². The van der Waals surface area contributed by atoms with Crippen molar-refractivity contribution >= 4 is 5.69 Å². The Morgan fingerprint density at radius 2 is 1.62 bits per heavy atom. The lowest BCUT2D eigenvalue weighted by Crippen LogP contribution is -2.06. The quantitative estimate of drug-likeness (QED) is 0.534. The van der Waals surface area contributed by atoms with Crippen LogP contribution in [0.15, 0.2) is 48.5 Å². The molecule has 0 saturated carbocycles. The number of ether oxygens (including phenoxy) is 3. The summed E-state index contributed by atoms with van der Waals surface area (Å²) in [6.45, 7) is 9.78. The minimum Gasteiger partial charge on any atom is -0.494 e. The first-order valence-corrected chi connectivity index (χ1v) is 9.43. The maximum atomic E-state index is 5.83. The largest absolute Gasteiger partial charge is 0.494 e. The van der Waals surface area contributed by atoms with Crippen LogP contribution in [0.4, 0.5) is 5.69 Å². The van der Waals surface area contributed by atoms with Crippen LogP contribution in [-0.4, -0.2) is 26.4 Å². The molecule has 1 N–H and O–H groups in total. The smallest absolute Gasteiger partial charge is 0.121 e. The molecule has 0 aliphatic carbocycles. The highest BCUT2D eigenvalue weighted by Gasteiger charge is 2.01. The SMILES string of the molecule is CCOCCOc1cccc(NCc2cccc(OCCC(C)C)c2)c1. The molecule has 142 valence electrons. The fourth-order valence-electron chi connectivity index (χ4n) is 2.42. The fourth-order valence-corrected chi connectivity index (χ4v) is 2.42. The summed E-state index contributed by atoms with van der Waals surface area (Å²) in [5.74, 6) is 2.43. The highest BCUT2D eigenvalue weighted by molar-refractivity contribution is 5.48. The van der Waals surface area contributed by atoms with Crippen molar-refractivity contribution in [2.24, 2.45) is 5.92 Å². The van der Waals surface area contributed by atoms with Crippen molar-refractivity contribution in [3.8, 4) is 11.5 Å². The normalized spacial score (nSPS) is 10.8. The van der Waals surface area contributed by atoms with E-state index >= 15 is 0 Å². The van der Waals surface area contributed by atoms with Gasteiger partial charge in [0, 0.05) is 24.9 Å². The van der Waals surface area contributed by atoms with E-state index in [9.17, 15) is 0 Å². The van der Waals surface area contributed by atoms with E-state index < -0.39 is 0 Å². The topological polar surface area (TPSA) is 39.7 Å². The van der Waals surface area contributed by atoms with Gasteiger partial charge in [-0.25, -0.2) is 0 Å². The van der Waals surface area contributed by atoms with Crippen LogP contribution in [0.3, 0.4) is 0 Å². The molecule has 0 atom stereocenters. The van der Waals surface area contributed by atoms with Crippen LogP contribution in [0.1, 0.15) is 32.8 Å². The highest BCUT2D eigenvalue weighted by atomic mass is 16.5. The summed E-state index contributed by atoms with van der Waals surface area (Å²) in [4.78, 5) is 0. The van der Waals surface area contributed by atoms with Gasteiger partial charge < -0.3 is 19.5 Å². The Kier molecular flexibility index (Phi) is 8.84. The van der Waals surface area contributed by atoms with Gasteiger partial charge in [-0.05, 0) is 49.1 Å². The van der Waals surface area contributed by atoms with Crippen LogP contribution in [0, 0.1) is 5.92 Å². The average Bonchev–Trinajstić information content (AvgIpc) is 2.64. The van der Waals surface area contributed by atoms with E-state index in [1.165, 1.54) is 5.56 Å². The first-order valence-electron chi connectivity index (χ1n) is 9.43. The van der Waals surface area contributed by atoms with Crippen molar-refractivity contribution in [2.45, 2.75) is 33.7 Å². The average molecular weight is 357 g/mol. The van der Waals surface area contributed by atoms with Crippen molar-refractivity contribution in [1.82, 2.24) is 0 Å². The molecule has 0 amide bonds. The number of benzene rings is 2. The molecule has 0 aliphatic heterocycles. The monoisotopic (exact) mass is 357 g/mol. The second-order valence-electron chi connectivity index (χ2n) is 6.61. The van der Waals surface area contributed by atoms with Crippen molar-refractivity contribution < 1.29 is 14.2 Å². The van der Waals surface area contributed by atoms with Gasteiger partial charge in [0.05, 0.1) is 13.2 Å². The molecule has 4 heteroatoms. The Labute approximate surface area is 157 Å². The summed E-state index contributed by atoms with van der Waals surface area (Å²) in [5.41, 5.74) is 2.22. The lowest BCUT2D eigenvalue weighted by atomic mass is 10.1. The van der Waals surface area contributed by atoms with Gasteiger partial charge in [0.15, 0.2) is 0 Å². The zero-order chi connectivity index (χ0) is 18.6. The first-order chi connectivity index (χ1) is 12.7. The van der Waals surface area contributed by atoms with E-state index in [1.54, 1.807) is 0 Å². The third-order valence-corrected chi connectivity index (χ3v) is 3.89. The Bertz CT molecular complexity index is 643. The lowest BCUT2D eigenvalue weighted by molar-refractivity contribution is 0.110. The molecule has 0 bridgehead atoms. The summed E-state index contributed by atoms with van der Waals surface area (Å²) in [5, 5.41) is 3.44. The minimum absolute atomic E-state index is 0.563. The van der Waals surface area contributed by atoms with E-state index in [0.29, 0.717) is 25.7 Å². The molecule has 4 nitrogen and oxygen atoms in total. The Hall–Kier alpha value is -2.20. The molecule has 2 rings (SSSR count). The molecule has 2 aromatic rings. The molecule has 0 fully saturated rings. The van der Waals surface area contributed by atoms with Gasteiger partial charge in [0.2, 0.25) is 0 Å². The summed E-state index contributed by atoms with van der Waals surface area (Å²) in [6, 6.07) is 16.2.